The maximum atomic E-state index is 12.4. The molecule has 2 aromatic rings. The van der Waals surface area contributed by atoms with Crippen molar-refractivity contribution in [2.75, 3.05) is 26.2 Å². The fourth-order valence-electron chi connectivity index (χ4n) is 3.06. The van der Waals surface area contributed by atoms with Gasteiger partial charge < -0.3 is 4.90 Å². The predicted molar refractivity (Wildman–Crippen MR) is 105 cm³/mol. The summed E-state index contributed by atoms with van der Waals surface area (Å²) in [5, 5.41) is 3.30. The monoisotopic (exact) mass is 373 g/mol. The number of aryl methyl sites for hydroxylation is 1. The van der Waals surface area contributed by atoms with Crippen LogP contribution in [0.5, 0.6) is 0 Å². The molecule has 0 bridgehead atoms. The molecule has 1 aromatic carbocycles. The summed E-state index contributed by atoms with van der Waals surface area (Å²) in [6.07, 6.45) is 0. The molecule has 0 atom stereocenters. The zero-order valence-corrected chi connectivity index (χ0v) is 16.8. The second-order valence-corrected chi connectivity index (χ2v) is 8.32. The van der Waals surface area contributed by atoms with Gasteiger partial charge in [0, 0.05) is 37.2 Å². The Morgan fingerprint density at radius 1 is 1.15 bits per heavy atom. The average Bonchev–Trinajstić information content (AvgIpc) is 2.95. The minimum Gasteiger partial charge on any atom is -0.340 e. The zero-order chi connectivity index (χ0) is 18.9. The summed E-state index contributed by atoms with van der Waals surface area (Å²) in [5.74, 6) is 1.01. The third kappa shape index (κ3) is 4.22. The fourth-order valence-corrected chi connectivity index (χ4v) is 3.25. The van der Waals surface area contributed by atoms with E-state index in [0.717, 1.165) is 37.6 Å². The molecule has 26 heavy (non-hydrogen) atoms. The molecular weight excluding hydrogens is 346 g/mol. The van der Waals surface area contributed by atoms with Crippen molar-refractivity contribution in [3.05, 3.63) is 34.6 Å². The van der Waals surface area contributed by atoms with E-state index >= 15 is 0 Å². The van der Waals surface area contributed by atoms with Crippen LogP contribution >= 0.6 is 12.2 Å². The Hall–Kier alpha value is -1.99. The highest BCUT2D eigenvalue weighted by molar-refractivity contribution is 7.71. The van der Waals surface area contributed by atoms with Gasteiger partial charge in [0.1, 0.15) is 0 Å². The Kier molecular flexibility index (Phi) is 5.29. The van der Waals surface area contributed by atoms with Crippen LogP contribution in [0, 0.1) is 17.1 Å². The number of H-pyrrole nitrogens is 1. The number of hydrogen-bond donors (Lipinski definition) is 1. The molecule has 0 spiro atoms. The summed E-state index contributed by atoms with van der Waals surface area (Å²) in [4.78, 5) is 21.1. The van der Waals surface area contributed by atoms with Crippen molar-refractivity contribution in [3.63, 3.8) is 0 Å². The number of rotatable bonds is 3. The van der Waals surface area contributed by atoms with Crippen LogP contribution in [-0.4, -0.2) is 56.7 Å². The van der Waals surface area contributed by atoms with Crippen molar-refractivity contribution in [1.29, 1.82) is 0 Å². The summed E-state index contributed by atoms with van der Waals surface area (Å²) in [6, 6.07) is 8.22. The molecule has 140 valence electrons. The van der Waals surface area contributed by atoms with Crippen LogP contribution in [0.1, 0.15) is 26.3 Å². The summed E-state index contributed by atoms with van der Waals surface area (Å²) in [5.41, 5.74) is 1.92. The van der Waals surface area contributed by atoms with Crippen molar-refractivity contribution >= 4 is 18.1 Å². The first-order valence-corrected chi connectivity index (χ1v) is 9.40. The number of piperazine rings is 1. The Bertz CT molecular complexity index is 823. The number of benzene rings is 1. The molecular formula is C19H27N5OS. The van der Waals surface area contributed by atoms with Gasteiger partial charge in [-0.05, 0) is 19.1 Å². The average molecular weight is 374 g/mol. The van der Waals surface area contributed by atoms with Gasteiger partial charge in [0.05, 0.1) is 6.67 Å². The van der Waals surface area contributed by atoms with Gasteiger partial charge in [-0.25, -0.2) is 4.68 Å². The topological polar surface area (TPSA) is 57.2 Å². The van der Waals surface area contributed by atoms with Crippen LogP contribution < -0.4 is 0 Å². The van der Waals surface area contributed by atoms with Crippen LogP contribution in [0.2, 0.25) is 0 Å². The Balaban J connectivity index is 1.63. The van der Waals surface area contributed by atoms with Crippen molar-refractivity contribution < 1.29 is 4.79 Å². The number of carbonyl (C=O) groups is 1. The minimum absolute atomic E-state index is 0.219. The van der Waals surface area contributed by atoms with Gasteiger partial charge in [-0.2, -0.15) is 4.98 Å². The molecule has 0 aliphatic carbocycles. The first-order chi connectivity index (χ1) is 12.2. The fraction of sp³-hybridized carbons (Fsp3) is 0.526. The molecule has 0 saturated carbocycles. The molecule has 2 heterocycles. The van der Waals surface area contributed by atoms with E-state index < -0.39 is 0 Å². The molecule has 1 saturated heterocycles. The Morgan fingerprint density at radius 2 is 1.77 bits per heavy atom. The summed E-state index contributed by atoms with van der Waals surface area (Å²) >= 11 is 5.41. The van der Waals surface area contributed by atoms with Gasteiger partial charge in [-0.1, -0.05) is 50.6 Å². The largest absolute Gasteiger partial charge is 0.340 e. The van der Waals surface area contributed by atoms with E-state index in [2.05, 4.69) is 34.0 Å². The summed E-state index contributed by atoms with van der Waals surface area (Å²) < 4.78 is 2.44. The van der Waals surface area contributed by atoms with Gasteiger partial charge in [0.15, 0.2) is 5.82 Å². The summed E-state index contributed by atoms with van der Waals surface area (Å²) in [6.45, 7) is 11.8. The molecule has 0 radical (unpaired) electrons. The molecule has 1 aromatic heterocycles. The number of hydrogen-bond acceptors (Lipinski definition) is 4. The molecule has 6 nitrogen and oxygen atoms in total. The van der Waals surface area contributed by atoms with E-state index in [1.54, 1.807) is 0 Å². The number of carbonyl (C=O) groups excluding carboxylic acids is 1. The molecule has 1 aliphatic heterocycles. The first kappa shape index (κ1) is 18.8. The molecule has 7 heteroatoms. The van der Waals surface area contributed by atoms with E-state index in [1.165, 1.54) is 5.56 Å². The standard InChI is InChI=1S/C19H27N5OS/c1-14-5-7-15(8-6-14)16-20-18(26)24(21-16)13-22-9-11-23(12-10-22)17(25)19(2,3)4/h5-8H,9-13H2,1-4H3,(H,20,21,26). The van der Waals surface area contributed by atoms with Crippen molar-refractivity contribution in [2.24, 2.45) is 5.41 Å². The van der Waals surface area contributed by atoms with Gasteiger partial charge in [0.25, 0.3) is 0 Å². The third-order valence-corrected chi connectivity index (χ3v) is 4.96. The minimum atomic E-state index is -0.322. The lowest BCUT2D eigenvalue weighted by atomic mass is 9.94. The van der Waals surface area contributed by atoms with Gasteiger partial charge in [-0.3, -0.25) is 14.8 Å². The number of nitrogens with one attached hydrogen (secondary N) is 1. The maximum Gasteiger partial charge on any atom is 0.228 e. The predicted octanol–water partition coefficient (Wildman–Crippen LogP) is 3.06. The van der Waals surface area contributed by atoms with Crippen LogP contribution in [0.25, 0.3) is 11.4 Å². The Morgan fingerprint density at radius 3 is 2.35 bits per heavy atom. The quantitative estimate of drug-likeness (QED) is 0.840. The Labute approximate surface area is 159 Å². The zero-order valence-electron chi connectivity index (χ0n) is 16.0. The number of aromatic amines is 1. The van der Waals surface area contributed by atoms with E-state index in [9.17, 15) is 4.79 Å². The van der Waals surface area contributed by atoms with Crippen molar-refractivity contribution in [1.82, 2.24) is 24.6 Å². The second kappa shape index (κ2) is 7.32. The number of amides is 1. The highest BCUT2D eigenvalue weighted by Crippen LogP contribution is 2.19. The van der Waals surface area contributed by atoms with E-state index in [4.69, 9.17) is 12.2 Å². The maximum absolute atomic E-state index is 12.4. The molecule has 1 N–H and O–H groups in total. The van der Waals surface area contributed by atoms with Crippen LogP contribution in [0.3, 0.4) is 0 Å². The molecule has 0 unspecified atom stereocenters. The van der Waals surface area contributed by atoms with Crippen molar-refractivity contribution in [2.45, 2.75) is 34.4 Å². The lowest BCUT2D eigenvalue weighted by molar-refractivity contribution is -0.141. The van der Waals surface area contributed by atoms with E-state index in [0.29, 0.717) is 11.4 Å². The highest BCUT2D eigenvalue weighted by atomic mass is 32.1. The highest BCUT2D eigenvalue weighted by Gasteiger charge is 2.29. The van der Waals surface area contributed by atoms with Gasteiger partial charge in [0.2, 0.25) is 10.7 Å². The SMILES string of the molecule is Cc1ccc(-c2nc(=S)n(CN3CCN(C(=O)C(C)(C)C)CC3)[nH]2)cc1. The van der Waals surface area contributed by atoms with E-state index in [1.807, 2.05) is 42.5 Å². The van der Waals surface area contributed by atoms with Gasteiger partial charge in [-0.15, -0.1) is 0 Å². The number of nitrogens with zero attached hydrogens (tertiary/aromatic N) is 4. The van der Waals surface area contributed by atoms with Gasteiger partial charge >= 0.3 is 0 Å². The van der Waals surface area contributed by atoms with E-state index in [-0.39, 0.29) is 11.3 Å². The van der Waals surface area contributed by atoms with Crippen LogP contribution in [0.4, 0.5) is 0 Å². The third-order valence-electron chi connectivity index (χ3n) is 4.65. The molecule has 1 aliphatic rings. The second-order valence-electron chi connectivity index (χ2n) is 7.95. The molecule has 3 rings (SSSR count). The van der Waals surface area contributed by atoms with Crippen molar-refractivity contribution in [3.8, 4) is 11.4 Å². The summed E-state index contributed by atoms with van der Waals surface area (Å²) in [7, 11) is 0. The smallest absolute Gasteiger partial charge is 0.228 e. The van der Waals surface area contributed by atoms with Crippen LogP contribution in [0.15, 0.2) is 24.3 Å². The number of aromatic nitrogens is 3. The molecule has 1 amide bonds. The normalized spacial score (nSPS) is 16.1. The molecule has 1 fully saturated rings. The first-order valence-electron chi connectivity index (χ1n) is 9.00. The lowest BCUT2D eigenvalue weighted by Crippen LogP contribution is -2.51. The lowest BCUT2D eigenvalue weighted by Gasteiger charge is -2.37. The van der Waals surface area contributed by atoms with Crippen LogP contribution in [-0.2, 0) is 11.5 Å².